The van der Waals surface area contributed by atoms with E-state index < -0.39 is 0 Å². The fraction of sp³-hybridized carbons (Fsp3) is 0.692. The summed E-state index contributed by atoms with van der Waals surface area (Å²) in [4.78, 5) is 11.0. The van der Waals surface area contributed by atoms with Crippen molar-refractivity contribution >= 4 is 5.82 Å². The summed E-state index contributed by atoms with van der Waals surface area (Å²) in [5.41, 5.74) is 7.13. The highest BCUT2D eigenvalue weighted by atomic mass is 15.2. The summed E-state index contributed by atoms with van der Waals surface area (Å²) >= 11 is 0. The van der Waals surface area contributed by atoms with E-state index >= 15 is 0 Å². The number of hydrogen-bond donors (Lipinski definition) is 1. The average Bonchev–Trinajstić information content (AvgIpc) is 2.28. The summed E-state index contributed by atoms with van der Waals surface area (Å²) in [6.45, 7) is 6.39. The maximum absolute atomic E-state index is 6.00. The molecule has 1 aliphatic rings. The van der Waals surface area contributed by atoms with E-state index in [1.807, 2.05) is 0 Å². The molecule has 0 aromatic carbocycles. The smallest absolute Gasteiger partial charge is 0.132 e. The van der Waals surface area contributed by atoms with E-state index in [4.69, 9.17) is 5.73 Å². The number of hydrogen-bond acceptors (Lipinski definition) is 4. The second-order valence-corrected chi connectivity index (χ2v) is 5.31. The van der Waals surface area contributed by atoms with Crippen molar-refractivity contribution < 1.29 is 0 Å². The fourth-order valence-electron chi connectivity index (χ4n) is 2.31. The summed E-state index contributed by atoms with van der Waals surface area (Å²) in [6, 6.07) is 2.39. The van der Waals surface area contributed by atoms with Crippen LogP contribution in [0.1, 0.15) is 32.4 Å². The Bertz CT molecular complexity index is 364. The van der Waals surface area contributed by atoms with Crippen molar-refractivity contribution in [2.45, 2.75) is 39.2 Å². The lowest BCUT2D eigenvalue weighted by atomic mass is 10.1. The van der Waals surface area contributed by atoms with Crippen LogP contribution < -0.4 is 10.6 Å². The molecule has 1 aromatic rings. The third kappa shape index (κ3) is 3.40. The Kier molecular flexibility index (Phi) is 3.94. The van der Waals surface area contributed by atoms with Crippen LogP contribution in [-0.2, 0) is 6.42 Å². The minimum Gasteiger partial charge on any atom is -0.355 e. The van der Waals surface area contributed by atoms with Crippen molar-refractivity contribution in [3.63, 3.8) is 0 Å². The van der Waals surface area contributed by atoms with Gasteiger partial charge < -0.3 is 10.6 Å². The van der Waals surface area contributed by atoms with Crippen LogP contribution in [0.5, 0.6) is 0 Å². The zero-order valence-electron chi connectivity index (χ0n) is 10.8. The summed E-state index contributed by atoms with van der Waals surface area (Å²) in [5, 5.41) is 0. The molecule has 94 valence electrons. The van der Waals surface area contributed by atoms with Gasteiger partial charge >= 0.3 is 0 Å². The number of rotatable bonds is 3. The average molecular weight is 234 g/mol. The van der Waals surface area contributed by atoms with Gasteiger partial charge in [-0.2, -0.15) is 0 Å². The van der Waals surface area contributed by atoms with Gasteiger partial charge in [0, 0.05) is 30.9 Å². The van der Waals surface area contributed by atoms with Gasteiger partial charge in [0.1, 0.15) is 12.1 Å². The summed E-state index contributed by atoms with van der Waals surface area (Å²) < 4.78 is 0. The van der Waals surface area contributed by atoms with Crippen molar-refractivity contribution in [2.24, 2.45) is 11.7 Å². The molecule has 0 aliphatic carbocycles. The SMILES string of the molecule is CC(C)Cc1cc(N2CCCC(N)C2)ncn1. The van der Waals surface area contributed by atoms with E-state index in [0.717, 1.165) is 43.9 Å². The normalized spacial score (nSPS) is 20.9. The Morgan fingerprint density at radius 2 is 2.29 bits per heavy atom. The molecule has 4 nitrogen and oxygen atoms in total. The predicted octanol–water partition coefficient (Wildman–Crippen LogP) is 1.60. The molecule has 1 aromatic heterocycles. The van der Waals surface area contributed by atoms with Gasteiger partial charge in [0.2, 0.25) is 0 Å². The van der Waals surface area contributed by atoms with Crippen molar-refractivity contribution in [2.75, 3.05) is 18.0 Å². The molecule has 2 N–H and O–H groups in total. The Morgan fingerprint density at radius 3 is 3.00 bits per heavy atom. The number of anilines is 1. The Hall–Kier alpha value is -1.16. The third-order valence-electron chi connectivity index (χ3n) is 3.11. The second kappa shape index (κ2) is 5.45. The van der Waals surface area contributed by atoms with Gasteiger partial charge in [0.05, 0.1) is 0 Å². The first kappa shape index (κ1) is 12.3. The maximum atomic E-state index is 6.00. The number of aromatic nitrogens is 2. The molecule has 1 aliphatic heterocycles. The molecule has 0 bridgehead atoms. The summed E-state index contributed by atoms with van der Waals surface area (Å²) in [6.07, 6.45) is 4.97. The molecule has 0 saturated carbocycles. The van der Waals surface area contributed by atoms with Gasteiger partial charge in [0.15, 0.2) is 0 Å². The predicted molar refractivity (Wildman–Crippen MR) is 70.0 cm³/mol. The van der Waals surface area contributed by atoms with Gasteiger partial charge in [0.25, 0.3) is 0 Å². The van der Waals surface area contributed by atoms with Crippen molar-refractivity contribution in [3.05, 3.63) is 18.1 Å². The molecule has 1 unspecified atom stereocenters. The standard InChI is InChI=1S/C13H22N4/c1-10(2)6-12-7-13(16-9-15-12)17-5-3-4-11(14)8-17/h7,9-11H,3-6,8,14H2,1-2H3. The monoisotopic (exact) mass is 234 g/mol. The topological polar surface area (TPSA) is 55.0 Å². The molecule has 1 fully saturated rings. The highest BCUT2D eigenvalue weighted by Gasteiger charge is 2.18. The van der Waals surface area contributed by atoms with Crippen molar-refractivity contribution in [1.82, 2.24) is 9.97 Å². The zero-order valence-corrected chi connectivity index (χ0v) is 10.8. The van der Waals surface area contributed by atoms with E-state index in [1.165, 1.54) is 0 Å². The molecule has 2 heterocycles. The molecule has 2 rings (SSSR count). The largest absolute Gasteiger partial charge is 0.355 e. The maximum Gasteiger partial charge on any atom is 0.132 e. The van der Waals surface area contributed by atoms with Gasteiger partial charge in [-0.25, -0.2) is 9.97 Å². The first-order valence-corrected chi connectivity index (χ1v) is 6.46. The lowest BCUT2D eigenvalue weighted by molar-refractivity contribution is 0.502. The summed E-state index contributed by atoms with van der Waals surface area (Å²) in [7, 11) is 0. The van der Waals surface area contributed by atoms with Gasteiger partial charge in [-0.05, 0) is 25.2 Å². The van der Waals surface area contributed by atoms with Gasteiger partial charge in [-0.15, -0.1) is 0 Å². The molecule has 17 heavy (non-hydrogen) atoms. The molecular formula is C13H22N4. The van der Waals surface area contributed by atoms with Crippen LogP contribution in [-0.4, -0.2) is 29.1 Å². The molecule has 1 saturated heterocycles. The molecule has 1 atom stereocenters. The summed E-state index contributed by atoms with van der Waals surface area (Å²) in [5.74, 6) is 1.66. The van der Waals surface area contributed by atoms with E-state index in [1.54, 1.807) is 6.33 Å². The Morgan fingerprint density at radius 1 is 1.47 bits per heavy atom. The fourth-order valence-corrected chi connectivity index (χ4v) is 2.31. The van der Waals surface area contributed by atoms with Crippen molar-refractivity contribution in [3.8, 4) is 0 Å². The minimum absolute atomic E-state index is 0.285. The number of nitrogens with zero attached hydrogens (tertiary/aromatic N) is 3. The third-order valence-corrected chi connectivity index (χ3v) is 3.11. The van der Waals surface area contributed by atoms with Crippen LogP contribution in [0, 0.1) is 5.92 Å². The Balaban J connectivity index is 2.09. The second-order valence-electron chi connectivity index (χ2n) is 5.31. The minimum atomic E-state index is 0.285. The molecule has 0 radical (unpaired) electrons. The van der Waals surface area contributed by atoms with Crippen LogP contribution in [0.3, 0.4) is 0 Å². The van der Waals surface area contributed by atoms with Crippen LogP contribution in [0.4, 0.5) is 5.82 Å². The van der Waals surface area contributed by atoms with E-state index in [2.05, 4.69) is 34.8 Å². The van der Waals surface area contributed by atoms with Gasteiger partial charge in [-0.1, -0.05) is 13.8 Å². The van der Waals surface area contributed by atoms with E-state index in [-0.39, 0.29) is 6.04 Å². The number of piperidine rings is 1. The molecule has 0 spiro atoms. The number of nitrogens with two attached hydrogens (primary N) is 1. The highest BCUT2D eigenvalue weighted by molar-refractivity contribution is 5.39. The van der Waals surface area contributed by atoms with Crippen LogP contribution in [0.15, 0.2) is 12.4 Å². The molecule has 0 amide bonds. The van der Waals surface area contributed by atoms with E-state index in [9.17, 15) is 0 Å². The molecule has 4 heteroatoms. The van der Waals surface area contributed by atoms with E-state index in [0.29, 0.717) is 5.92 Å². The lowest BCUT2D eigenvalue weighted by Crippen LogP contribution is -2.43. The molecular weight excluding hydrogens is 212 g/mol. The highest BCUT2D eigenvalue weighted by Crippen LogP contribution is 2.18. The van der Waals surface area contributed by atoms with Crippen LogP contribution >= 0.6 is 0 Å². The van der Waals surface area contributed by atoms with Gasteiger partial charge in [-0.3, -0.25) is 0 Å². The zero-order chi connectivity index (χ0) is 12.3. The quantitative estimate of drug-likeness (QED) is 0.863. The van der Waals surface area contributed by atoms with Crippen molar-refractivity contribution in [1.29, 1.82) is 0 Å². The first-order valence-electron chi connectivity index (χ1n) is 6.46. The lowest BCUT2D eigenvalue weighted by Gasteiger charge is -2.31. The van der Waals surface area contributed by atoms with Crippen LogP contribution in [0.2, 0.25) is 0 Å². The first-order chi connectivity index (χ1) is 8.15. The Labute approximate surface area is 103 Å². The van der Waals surface area contributed by atoms with Crippen LogP contribution in [0.25, 0.3) is 0 Å².